The molecular formula is C31H30N4O5. The van der Waals surface area contributed by atoms with E-state index in [9.17, 15) is 19.5 Å². The van der Waals surface area contributed by atoms with Crippen LogP contribution in [0.5, 0.6) is 5.75 Å². The molecular weight excluding hydrogens is 508 g/mol. The van der Waals surface area contributed by atoms with Crippen molar-refractivity contribution in [2.75, 3.05) is 13.1 Å². The number of piperidine rings is 1. The first-order chi connectivity index (χ1) is 19.5. The Hall–Kier alpha value is -4.66. The lowest BCUT2D eigenvalue weighted by molar-refractivity contribution is -0.130. The van der Waals surface area contributed by atoms with Gasteiger partial charge in [0.2, 0.25) is 5.91 Å². The molecule has 0 saturated carbocycles. The number of allylic oxidation sites excluding steroid dienone is 1. The van der Waals surface area contributed by atoms with Crippen LogP contribution in [0.4, 0.5) is 0 Å². The van der Waals surface area contributed by atoms with Crippen molar-refractivity contribution in [1.82, 2.24) is 19.6 Å². The number of rotatable bonds is 7. The zero-order valence-electron chi connectivity index (χ0n) is 22.0. The smallest absolute Gasteiger partial charge is 0.356 e. The summed E-state index contributed by atoms with van der Waals surface area (Å²) in [5.41, 5.74) is 3.14. The van der Waals surface area contributed by atoms with Crippen LogP contribution < -0.4 is 4.74 Å². The maximum Gasteiger partial charge on any atom is 0.356 e. The van der Waals surface area contributed by atoms with E-state index < -0.39 is 5.97 Å². The van der Waals surface area contributed by atoms with E-state index in [0.29, 0.717) is 49.4 Å². The number of hydrogen-bond donors (Lipinski definition) is 1. The zero-order chi connectivity index (χ0) is 27.6. The van der Waals surface area contributed by atoms with Crippen molar-refractivity contribution in [3.05, 3.63) is 101 Å². The van der Waals surface area contributed by atoms with Crippen LogP contribution >= 0.6 is 0 Å². The van der Waals surface area contributed by atoms with Crippen LogP contribution in [-0.2, 0) is 17.8 Å². The number of carbonyl (C=O) groups excluding carboxylic acids is 2. The molecule has 0 bridgehead atoms. The van der Waals surface area contributed by atoms with Gasteiger partial charge in [0, 0.05) is 30.8 Å². The van der Waals surface area contributed by atoms with Crippen LogP contribution in [0.1, 0.15) is 57.8 Å². The highest BCUT2D eigenvalue weighted by atomic mass is 16.5. The SMILES string of the molecule is O=C(O)c1nn(-c2ccc(OCc3ccccc3)cc2)c2c1CCN(C1C=CC(N3CCCCC3=O)=CC1)C2=O. The van der Waals surface area contributed by atoms with Gasteiger partial charge in [0.15, 0.2) is 5.69 Å². The fourth-order valence-electron chi connectivity index (χ4n) is 5.58. The molecule has 9 heteroatoms. The number of amides is 2. The molecule has 9 nitrogen and oxygen atoms in total. The molecule has 1 aromatic heterocycles. The highest BCUT2D eigenvalue weighted by molar-refractivity contribution is 6.00. The van der Waals surface area contributed by atoms with E-state index in [4.69, 9.17) is 4.74 Å². The van der Waals surface area contributed by atoms with Crippen molar-refractivity contribution in [3.8, 4) is 11.4 Å². The Morgan fingerprint density at radius 1 is 1.00 bits per heavy atom. The number of aromatic carboxylic acids is 1. The Bertz CT molecular complexity index is 1510. The van der Waals surface area contributed by atoms with Gasteiger partial charge in [-0.05, 0) is 61.6 Å². The summed E-state index contributed by atoms with van der Waals surface area (Å²) in [4.78, 5) is 41.8. The van der Waals surface area contributed by atoms with Crippen LogP contribution in [0.2, 0.25) is 0 Å². The number of carbonyl (C=O) groups is 3. The molecule has 1 unspecified atom stereocenters. The Labute approximate surface area is 232 Å². The molecule has 1 aliphatic carbocycles. The second kappa shape index (κ2) is 10.8. The van der Waals surface area contributed by atoms with Gasteiger partial charge >= 0.3 is 5.97 Å². The first-order valence-corrected chi connectivity index (χ1v) is 13.6. The maximum absolute atomic E-state index is 13.8. The van der Waals surface area contributed by atoms with E-state index in [-0.39, 0.29) is 29.2 Å². The van der Waals surface area contributed by atoms with E-state index in [1.54, 1.807) is 29.2 Å². The van der Waals surface area contributed by atoms with E-state index >= 15 is 0 Å². The van der Waals surface area contributed by atoms with E-state index in [1.165, 1.54) is 4.68 Å². The number of ether oxygens (including phenoxy) is 1. The number of carboxylic acid groups (broad SMARTS) is 1. The van der Waals surface area contributed by atoms with Crippen molar-refractivity contribution < 1.29 is 24.2 Å². The highest BCUT2D eigenvalue weighted by Gasteiger charge is 2.37. The topological polar surface area (TPSA) is 105 Å². The fraction of sp³-hybridized carbons (Fsp3) is 0.290. The number of fused-ring (bicyclic) bond motifs is 1. The minimum absolute atomic E-state index is 0.0996. The molecule has 40 heavy (non-hydrogen) atoms. The predicted molar refractivity (Wildman–Crippen MR) is 147 cm³/mol. The van der Waals surface area contributed by atoms with Crippen molar-refractivity contribution in [2.45, 2.75) is 44.8 Å². The summed E-state index contributed by atoms with van der Waals surface area (Å²) in [5, 5.41) is 14.2. The minimum atomic E-state index is -1.16. The summed E-state index contributed by atoms with van der Waals surface area (Å²) in [6, 6.07) is 16.8. The lowest BCUT2D eigenvalue weighted by atomic mass is 9.97. The summed E-state index contributed by atoms with van der Waals surface area (Å²) in [7, 11) is 0. The highest BCUT2D eigenvalue weighted by Crippen LogP contribution is 2.30. The Balaban J connectivity index is 1.22. The lowest BCUT2D eigenvalue weighted by Crippen LogP contribution is -2.45. The number of aromatic nitrogens is 2. The third-order valence-electron chi connectivity index (χ3n) is 7.67. The van der Waals surface area contributed by atoms with Crippen LogP contribution in [0.15, 0.2) is 78.5 Å². The summed E-state index contributed by atoms with van der Waals surface area (Å²) >= 11 is 0. The summed E-state index contributed by atoms with van der Waals surface area (Å²) in [6.45, 7) is 1.54. The Morgan fingerprint density at radius 2 is 1.80 bits per heavy atom. The van der Waals surface area contributed by atoms with Gasteiger partial charge in [-0.25, -0.2) is 9.48 Å². The number of carboxylic acids is 1. The fourth-order valence-corrected chi connectivity index (χ4v) is 5.58. The Morgan fingerprint density at radius 3 is 2.50 bits per heavy atom. The van der Waals surface area contributed by atoms with E-state index in [2.05, 4.69) is 5.10 Å². The summed E-state index contributed by atoms with van der Waals surface area (Å²) in [6.07, 6.45) is 9.38. The van der Waals surface area contributed by atoms with Crippen molar-refractivity contribution >= 4 is 17.8 Å². The molecule has 2 aromatic carbocycles. The summed E-state index contributed by atoms with van der Waals surface area (Å²) < 4.78 is 7.32. The predicted octanol–water partition coefficient (Wildman–Crippen LogP) is 4.37. The molecule has 3 aliphatic rings. The average Bonchev–Trinajstić information content (AvgIpc) is 3.39. The van der Waals surface area contributed by atoms with Gasteiger partial charge in [-0.15, -0.1) is 0 Å². The molecule has 6 rings (SSSR count). The van der Waals surface area contributed by atoms with Gasteiger partial charge in [0.1, 0.15) is 18.1 Å². The van der Waals surface area contributed by atoms with Crippen molar-refractivity contribution in [1.29, 1.82) is 0 Å². The van der Waals surface area contributed by atoms with Crippen molar-refractivity contribution in [2.24, 2.45) is 0 Å². The number of nitrogens with zero attached hydrogens (tertiary/aromatic N) is 4. The standard InChI is InChI=1S/C31H30N4O5/c36-27-8-4-5-18-33(27)22-9-11-23(12-10-22)34-19-17-26-28(31(38)39)32-35(29(26)30(34)37)24-13-15-25(16-14-24)40-20-21-6-2-1-3-7-21/h1-3,6-7,9-11,13-16,23H,4-5,8,12,17-20H2,(H,38,39). The second-order valence-corrected chi connectivity index (χ2v) is 10.2. The largest absolute Gasteiger partial charge is 0.489 e. The second-order valence-electron chi connectivity index (χ2n) is 10.2. The van der Waals surface area contributed by atoms with Crippen LogP contribution in [-0.4, -0.2) is 61.6 Å². The molecule has 3 aromatic rings. The third-order valence-corrected chi connectivity index (χ3v) is 7.67. The summed E-state index contributed by atoms with van der Waals surface area (Å²) in [5.74, 6) is -0.621. The van der Waals surface area contributed by atoms with Crippen molar-refractivity contribution in [3.63, 3.8) is 0 Å². The molecule has 0 spiro atoms. The maximum atomic E-state index is 13.8. The third kappa shape index (κ3) is 4.90. The average molecular weight is 539 g/mol. The molecule has 2 aliphatic heterocycles. The van der Waals surface area contributed by atoms with Crippen LogP contribution in [0.25, 0.3) is 5.69 Å². The number of likely N-dealkylation sites (tertiary alicyclic amines) is 1. The molecule has 3 heterocycles. The van der Waals surface area contributed by atoms with Gasteiger partial charge in [-0.1, -0.05) is 42.5 Å². The molecule has 1 atom stereocenters. The monoisotopic (exact) mass is 538 g/mol. The van der Waals surface area contributed by atoms with Gasteiger partial charge < -0.3 is 19.6 Å². The number of benzene rings is 2. The lowest BCUT2D eigenvalue weighted by Gasteiger charge is -2.35. The minimum Gasteiger partial charge on any atom is -0.489 e. The molecule has 2 amide bonds. The van der Waals surface area contributed by atoms with Crippen LogP contribution in [0.3, 0.4) is 0 Å². The molecule has 1 N–H and O–H groups in total. The Kier molecular flexibility index (Phi) is 6.94. The van der Waals surface area contributed by atoms with E-state index in [0.717, 1.165) is 30.6 Å². The quantitative estimate of drug-likeness (QED) is 0.479. The molecule has 0 radical (unpaired) electrons. The molecule has 1 saturated heterocycles. The normalized spacial score (nSPS) is 18.9. The van der Waals surface area contributed by atoms with Crippen LogP contribution in [0, 0.1) is 0 Å². The zero-order valence-corrected chi connectivity index (χ0v) is 22.0. The van der Waals surface area contributed by atoms with Gasteiger partial charge in [-0.2, -0.15) is 5.10 Å². The van der Waals surface area contributed by atoms with E-state index in [1.807, 2.05) is 53.5 Å². The van der Waals surface area contributed by atoms with Gasteiger partial charge in [-0.3, -0.25) is 9.59 Å². The first kappa shape index (κ1) is 25.6. The van der Waals surface area contributed by atoms with Gasteiger partial charge in [0.05, 0.1) is 11.7 Å². The molecule has 204 valence electrons. The van der Waals surface area contributed by atoms with Gasteiger partial charge in [0.25, 0.3) is 5.91 Å². The number of hydrogen-bond acceptors (Lipinski definition) is 5. The first-order valence-electron chi connectivity index (χ1n) is 13.6. The molecule has 1 fully saturated rings.